The smallest absolute Gasteiger partial charge is 0.0575 e. The van der Waals surface area contributed by atoms with E-state index in [0.29, 0.717) is 12.0 Å². The summed E-state index contributed by atoms with van der Waals surface area (Å²) in [4.78, 5) is 0. The molecule has 0 spiro atoms. The van der Waals surface area contributed by atoms with Crippen LogP contribution in [-0.2, 0) is 4.74 Å². The van der Waals surface area contributed by atoms with Gasteiger partial charge in [-0.05, 0) is 43.9 Å². The molecule has 1 aliphatic rings. The quantitative estimate of drug-likeness (QED) is 0.681. The zero-order valence-corrected chi connectivity index (χ0v) is 11.1. The molecule has 0 aromatic heterocycles. The van der Waals surface area contributed by atoms with Crippen molar-refractivity contribution in [2.45, 2.75) is 60.0 Å². The zero-order valence-electron chi connectivity index (χ0n) is 11.1. The lowest BCUT2D eigenvalue weighted by atomic mass is 9.68. The Hall–Kier alpha value is -0.0400. The van der Waals surface area contributed by atoms with Gasteiger partial charge in [-0.15, -0.1) is 0 Å². The second-order valence-corrected chi connectivity index (χ2v) is 5.45. The summed E-state index contributed by atoms with van der Waals surface area (Å²) < 4.78 is 5.74. The van der Waals surface area contributed by atoms with E-state index >= 15 is 0 Å². The van der Waals surface area contributed by atoms with Gasteiger partial charge < -0.3 is 4.74 Å². The summed E-state index contributed by atoms with van der Waals surface area (Å²) >= 11 is 0. The molecule has 1 heteroatoms. The molecule has 90 valence electrons. The molecule has 0 aromatic rings. The molecule has 1 rings (SSSR count). The molecule has 1 aliphatic carbocycles. The van der Waals surface area contributed by atoms with Crippen molar-refractivity contribution >= 4 is 0 Å². The maximum absolute atomic E-state index is 5.74. The Bertz CT molecular complexity index is 178. The van der Waals surface area contributed by atoms with Crippen molar-refractivity contribution in [1.29, 1.82) is 0 Å². The first-order valence-corrected chi connectivity index (χ1v) is 6.69. The van der Waals surface area contributed by atoms with E-state index in [9.17, 15) is 0 Å². The highest BCUT2D eigenvalue weighted by atomic mass is 16.5. The minimum absolute atomic E-state index is 0.424. The van der Waals surface area contributed by atoms with Gasteiger partial charge in [0.1, 0.15) is 0 Å². The van der Waals surface area contributed by atoms with E-state index in [4.69, 9.17) is 4.74 Å². The van der Waals surface area contributed by atoms with Crippen LogP contribution < -0.4 is 0 Å². The predicted molar refractivity (Wildman–Crippen MR) is 65.9 cm³/mol. The highest BCUT2D eigenvalue weighted by Gasteiger charge is 2.33. The Morgan fingerprint density at radius 3 is 2.47 bits per heavy atom. The third kappa shape index (κ3) is 3.21. The third-order valence-electron chi connectivity index (χ3n) is 4.62. The molecule has 0 N–H and O–H groups in total. The number of rotatable bonds is 4. The molecular formula is C14H28O. The minimum Gasteiger partial charge on any atom is -0.379 e. The first-order chi connectivity index (χ1) is 7.07. The molecule has 0 radical (unpaired) electrons. The SMILES string of the molecule is CCOC(C)C(C)C1CCCC(C)C1C. The minimum atomic E-state index is 0.424. The van der Waals surface area contributed by atoms with Crippen molar-refractivity contribution in [3.63, 3.8) is 0 Å². The molecule has 1 saturated carbocycles. The molecular weight excluding hydrogens is 184 g/mol. The summed E-state index contributed by atoms with van der Waals surface area (Å²) in [6.45, 7) is 12.4. The Morgan fingerprint density at radius 2 is 1.87 bits per heavy atom. The van der Waals surface area contributed by atoms with Gasteiger partial charge in [0.15, 0.2) is 0 Å². The van der Waals surface area contributed by atoms with Crippen molar-refractivity contribution in [3.8, 4) is 0 Å². The fraction of sp³-hybridized carbons (Fsp3) is 1.00. The summed E-state index contributed by atoms with van der Waals surface area (Å²) in [5.41, 5.74) is 0. The van der Waals surface area contributed by atoms with Crippen LogP contribution in [0.25, 0.3) is 0 Å². The number of hydrogen-bond acceptors (Lipinski definition) is 1. The largest absolute Gasteiger partial charge is 0.379 e. The van der Waals surface area contributed by atoms with Crippen LogP contribution in [0.2, 0.25) is 0 Å². The van der Waals surface area contributed by atoms with E-state index in [1.807, 2.05) is 0 Å². The maximum atomic E-state index is 5.74. The van der Waals surface area contributed by atoms with Crippen LogP contribution >= 0.6 is 0 Å². The molecule has 0 saturated heterocycles. The van der Waals surface area contributed by atoms with Gasteiger partial charge in [0.05, 0.1) is 6.10 Å². The van der Waals surface area contributed by atoms with E-state index < -0.39 is 0 Å². The Morgan fingerprint density at radius 1 is 1.20 bits per heavy atom. The Balaban J connectivity index is 2.53. The molecule has 0 aliphatic heterocycles. The molecule has 0 heterocycles. The van der Waals surface area contributed by atoms with Crippen LogP contribution in [0.4, 0.5) is 0 Å². The average molecular weight is 212 g/mol. The molecule has 0 amide bonds. The summed E-state index contributed by atoms with van der Waals surface area (Å²) in [6, 6.07) is 0. The van der Waals surface area contributed by atoms with Crippen molar-refractivity contribution in [2.24, 2.45) is 23.7 Å². The molecule has 5 unspecified atom stereocenters. The van der Waals surface area contributed by atoms with Gasteiger partial charge in [0.25, 0.3) is 0 Å². The van der Waals surface area contributed by atoms with Gasteiger partial charge in [0, 0.05) is 6.61 Å². The van der Waals surface area contributed by atoms with Gasteiger partial charge >= 0.3 is 0 Å². The summed E-state index contributed by atoms with van der Waals surface area (Å²) in [7, 11) is 0. The van der Waals surface area contributed by atoms with Crippen molar-refractivity contribution in [2.75, 3.05) is 6.61 Å². The van der Waals surface area contributed by atoms with Gasteiger partial charge in [-0.1, -0.05) is 33.6 Å². The number of hydrogen-bond donors (Lipinski definition) is 0. The Labute approximate surface area is 95.6 Å². The Kier molecular flexibility index (Phi) is 5.11. The van der Waals surface area contributed by atoms with Crippen LogP contribution in [0, 0.1) is 23.7 Å². The molecule has 15 heavy (non-hydrogen) atoms. The number of ether oxygens (including phenoxy) is 1. The van der Waals surface area contributed by atoms with Crippen LogP contribution in [0.5, 0.6) is 0 Å². The lowest BCUT2D eigenvalue weighted by molar-refractivity contribution is -0.00838. The van der Waals surface area contributed by atoms with E-state index in [1.54, 1.807) is 0 Å². The lowest BCUT2D eigenvalue weighted by Gasteiger charge is -2.39. The molecule has 0 aromatic carbocycles. The first-order valence-electron chi connectivity index (χ1n) is 6.69. The second kappa shape index (κ2) is 5.89. The summed E-state index contributed by atoms with van der Waals surface area (Å²) in [6.07, 6.45) is 4.67. The van der Waals surface area contributed by atoms with E-state index in [2.05, 4.69) is 34.6 Å². The highest BCUT2D eigenvalue weighted by molar-refractivity contribution is 4.82. The van der Waals surface area contributed by atoms with Crippen LogP contribution in [0.3, 0.4) is 0 Å². The first kappa shape index (κ1) is 13.0. The summed E-state index contributed by atoms with van der Waals surface area (Å²) in [5, 5.41) is 0. The fourth-order valence-electron chi connectivity index (χ4n) is 3.13. The molecule has 1 fully saturated rings. The third-order valence-corrected chi connectivity index (χ3v) is 4.62. The molecule has 5 atom stereocenters. The van der Waals surface area contributed by atoms with Crippen molar-refractivity contribution < 1.29 is 4.74 Å². The van der Waals surface area contributed by atoms with E-state index in [1.165, 1.54) is 19.3 Å². The monoisotopic (exact) mass is 212 g/mol. The van der Waals surface area contributed by atoms with Crippen LogP contribution in [0.1, 0.15) is 53.9 Å². The normalized spacial score (nSPS) is 36.2. The van der Waals surface area contributed by atoms with Crippen LogP contribution in [0.15, 0.2) is 0 Å². The van der Waals surface area contributed by atoms with Crippen LogP contribution in [-0.4, -0.2) is 12.7 Å². The lowest BCUT2D eigenvalue weighted by Crippen LogP contribution is -2.34. The van der Waals surface area contributed by atoms with E-state index in [-0.39, 0.29) is 0 Å². The zero-order chi connectivity index (χ0) is 11.4. The van der Waals surface area contributed by atoms with Gasteiger partial charge in [-0.3, -0.25) is 0 Å². The molecule has 0 bridgehead atoms. The van der Waals surface area contributed by atoms with Gasteiger partial charge in [0.2, 0.25) is 0 Å². The average Bonchev–Trinajstić information content (AvgIpc) is 2.21. The standard InChI is InChI=1S/C14H28O/c1-6-15-13(5)12(4)14-9-7-8-10(2)11(14)3/h10-14H,6-9H2,1-5H3. The summed E-state index contributed by atoms with van der Waals surface area (Å²) in [5.74, 6) is 3.36. The highest BCUT2D eigenvalue weighted by Crippen LogP contribution is 2.39. The second-order valence-electron chi connectivity index (χ2n) is 5.45. The molecule has 1 nitrogen and oxygen atoms in total. The van der Waals surface area contributed by atoms with E-state index in [0.717, 1.165) is 24.4 Å². The van der Waals surface area contributed by atoms with Crippen molar-refractivity contribution in [3.05, 3.63) is 0 Å². The maximum Gasteiger partial charge on any atom is 0.0575 e. The fourth-order valence-corrected chi connectivity index (χ4v) is 3.13. The van der Waals surface area contributed by atoms with Gasteiger partial charge in [-0.2, -0.15) is 0 Å². The van der Waals surface area contributed by atoms with Crippen molar-refractivity contribution in [1.82, 2.24) is 0 Å². The van der Waals surface area contributed by atoms with Gasteiger partial charge in [-0.25, -0.2) is 0 Å². The predicted octanol–water partition coefficient (Wildman–Crippen LogP) is 4.12. The topological polar surface area (TPSA) is 9.23 Å².